The molecular formula is C9H7N5O. The fourth-order valence-corrected chi connectivity index (χ4v) is 1.59. The zero-order valence-electron chi connectivity index (χ0n) is 7.93. The van der Waals surface area contributed by atoms with Crippen molar-refractivity contribution in [2.75, 3.05) is 5.32 Å². The first kappa shape index (κ1) is 8.10. The van der Waals surface area contributed by atoms with E-state index in [9.17, 15) is 4.79 Å². The van der Waals surface area contributed by atoms with Crippen LogP contribution in [0, 0.1) is 0 Å². The van der Waals surface area contributed by atoms with Crippen molar-refractivity contribution in [2.45, 2.75) is 6.92 Å². The molecule has 0 unspecified atom stereocenters. The Hall–Kier alpha value is -2.24. The first-order chi connectivity index (χ1) is 7.24. The number of aromatic nitrogens is 3. The minimum Gasteiger partial charge on any atom is -0.330 e. The zero-order valence-corrected chi connectivity index (χ0v) is 7.93. The summed E-state index contributed by atoms with van der Waals surface area (Å²) in [7, 11) is 0. The molecule has 0 aliphatic carbocycles. The van der Waals surface area contributed by atoms with Gasteiger partial charge in [0.25, 0.3) is 0 Å². The van der Waals surface area contributed by atoms with Gasteiger partial charge in [0.2, 0.25) is 5.95 Å². The Balaban J connectivity index is 2.55. The first-order valence-corrected chi connectivity index (χ1v) is 4.46. The maximum Gasteiger partial charge on any atom is 0.372 e. The topological polar surface area (TPSA) is 71.7 Å². The van der Waals surface area contributed by atoms with Crippen molar-refractivity contribution < 1.29 is 0 Å². The lowest BCUT2D eigenvalue weighted by atomic mass is 10.4. The van der Waals surface area contributed by atoms with Crippen LogP contribution in [0.2, 0.25) is 0 Å². The van der Waals surface area contributed by atoms with Gasteiger partial charge >= 0.3 is 5.69 Å². The van der Waals surface area contributed by atoms with Crippen LogP contribution in [0.1, 0.15) is 6.92 Å². The largest absolute Gasteiger partial charge is 0.372 e. The number of nitrogens with one attached hydrogen (secondary N) is 1. The van der Waals surface area contributed by atoms with Crippen LogP contribution < -0.4 is 11.0 Å². The summed E-state index contributed by atoms with van der Waals surface area (Å²) < 4.78 is 1.70. The van der Waals surface area contributed by atoms with Gasteiger partial charge in [-0.1, -0.05) is 6.07 Å². The minimum absolute atomic E-state index is 0.372. The van der Waals surface area contributed by atoms with Crippen LogP contribution in [0.5, 0.6) is 0 Å². The smallest absolute Gasteiger partial charge is 0.330 e. The summed E-state index contributed by atoms with van der Waals surface area (Å²) >= 11 is 0. The molecule has 1 aliphatic rings. The fraction of sp³-hybridized carbons (Fsp3) is 0.111. The molecule has 0 atom stereocenters. The highest BCUT2D eigenvalue weighted by atomic mass is 16.1. The Morgan fingerprint density at radius 1 is 1.33 bits per heavy atom. The van der Waals surface area contributed by atoms with Crippen LogP contribution in [0.25, 0.3) is 5.65 Å². The van der Waals surface area contributed by atoms with E-state index in [2.05, 4.69) is 20.3 Å². The lowest BCUT2D eigenvalue weighted by molar-refractivity contribution is 0.950. The van der Waals surface area contributed by atoms with E-state index in [1.807, 2.05) is 19.1 Å². The highest BCUT2D eigenvalue weighted by Crippen LogP contribution is 2.20. The van der Waals surface area contributed by atoms with Gasteiger partial charge in [0.05, 0.1) is 0 Å². The number of pyridine rings is 1. The summed E-state index contributed by atoms with van der Waals surface area (Å²) in [5.74, 6) is 1.90. The number of hydrogen-bond donors (Lipinski definition) is 1. The van der Waals surface area contributed by atoms with Gasteiger partial charge in [0.15, 0.2) is 0 Å². The lowest BCUT2D eigenvalue weighted by Gasteiger charge is -2.16. The molecule has 0 fully saturated rings. The summed E-state index contributed by atoms with van der Waals surface area (Å²) in [6.45, 7) is 1.81. The molecule has 3 rings (SSSR count). The van der Waals surface area contributed by atoms with Crippen molar-refractivity contribution in [3.63, 3.8) is 0 Å². The third-order valence-electron chi connectivity index (χ3n) is 2.15. The second kappa shape index (κ2) is 2.63. The quantitative estimate of drug-likeness (QED) is 0.676. The predicted molar refractivity (Wildman–Crippen MR) is 55.6 cm³/mol. The van der Waals surface area contributed by atoms with Crippen LogP contribution in [0.4, 0.5) is 11.8 Å². The van der Waals surface area contributed by atoms with E-state index in [0.717, 1.165) is 5.82 Å². The molecule has 0 radical (unpaired) electrons. The highest BCUT2D eigenvalue weighted by Gasteiger charge is 2.12. The Labute approximate surface area is 84.3 Å². The molecule has 3 heterocycles. The summed E-state index contributed by atoms with van der Waals surface area (Å²) in [6.07, 6.45) is 0. The van der Waals surface area contributed by atoms with Crippen molar-refractivity contribution in [3.05, 3.63) is 28.7 Å². The summed E-state index contributed by atoms with van der Waals surface area (Å²) in [4.78, 5) is 22.9. The molecule has 0 bridgehead atoms. The van der Waals surface area contributed by atoms with Crippen molar-refractivity contribution >= 4 is 23.2 Å². The molecule has 1 aliphatic heterocycles. The van der Waals surface area contributed by atoms with Gasteiger partial charge in [0.1, 0.15) is 17.3 Å². The van der Waals surface area contributed by atoms with Crippen molar-refractivity contribution in [1.29, 1.82) is 0 Å². The SMILES string of the molecule is CC1=Nc2nc(=O)nc3cccc(n23)N1. The van der Waals surface area contributed by atoms with Crippen LogP contribution in [-0.2, 0) is 0 Å². The van der Waals surface area contributed by atoms with Crippen molar-refractivity contribution in [3.8, 4) is 0 Å². The summed E-state index contributed by atoms with van der Waals surface area (Å²) in [5, 5.41) is 3.07. The van der Waals surface area contributed by atoms with Crippen LogP contribution >= 0.6 is 0 Å². The standard InChI is InChI=1S/C9H7N5O/c1-5-10-6-3-2-4-7-12-9(15)13-8(11-5)14(6)7/h2-4H,1H3,(H,10,11,12,13,15). The third kappa shape index (κ3) is 1.11. The van der Waals surface area contributed by atoms with E-state index in [1.165, 1.54) is 0 Å². The van der Waals surface area contributed by atoms with Gasteiger partial charge in [-0.25, -0.2) is 9.20 Å². The number of nitrogens with zero attached hydrogens (tertiary/aromatic N) is 4. The van der Waals surface area contributed by atoms with E-state index in [1.54, 1.807) is 10.5 Å². The normalized spacial score (nSPS) is 13.5. The molecule has 0 spiro atoms. The second-order valence-corrected chi connectivity index (χ2v) is 3.23. The predicted octanol–water partition coefficient (Wildman–Crippen LogP) is 0.565. The third-order valence-corrected chi connectivity index (χ3v) is 2.15. The fourth-order valence-electron chi connectivity index (χ4n) is 1.59. The van der Waals surface area contributed by atoms with E-state index in [4.69, 9.17) is 0 Å². The van der Waals surface area contributed by atoms with Gasteiger partial charge < -0.3 is 5.32 Å². The Kier molecular flexibility index (Phi) is 1.42. The number of anilines is 1. The molecule has 6 heteroatoms. The van der Waals surface area contributed by atoms with Crippen molar-refractivity contribution in [1.82, 2.24) is 14.4 Å². The van der Waals surface area contributed by atoms with Crippen LogP contribution in [0.15, 0.2) is 28.0 Å². The van der Waals surface area contributed by atoms with Crippen LogP contribution in [-0.4, -0.2) is 20.2 Å². The molecule has 0 aromatic carbocycles. The molecule has 2 aromatic rings. The number of rotatable bonds is 0. The molecule has 2 aromatic heterocycles. The number of aliphatic imine (C=N–C) groups is 1. The van der Waals surface area contributed by atoms with E-state index in [0.29, 0.717) is 17.4 Å². The first-order valence-electron chi connectivity index (χ1n) is 4.46. The van der Waals surface area contributed by atoms with Gasteiger partial charge in [-0.05, 0) is 19.1 Å². The van der Waals surface area contributed by atoms with E-state index in [-0.39, 0.29) is 0 Å². The minimum atomic E-state index is -0.513. The lowest BCUT2D eigenvalue weighted by Crippen LogP contribution is -2.21. The molecule has 1 N–H and O–H groups in total. The molecular weight excluding hydrogens is 194 g/mol. The zero-order chi connectivity index (χ0) is 10.4. The molecule has 0 amide bonds. The molecule has 0 saturated carbocycles. The van der Waals surface area contributed by atoms with Gasteiger partial charge in [-0.2, -0.15) is 15.0 Å². The van der Waals surface area contributed by atoms with Gasteiger partial charge in [0, 0.05) is 0 Å². The Bertz CT molecular complexity index is 642. The van der Waals surface area contributed by atoms with Gasteiger partial charge in [-0.3, -0.25) is 0 Å². The maximum atomic E-state index is 11.2. The monoisotopic (exact) mass is 201 g/mol. The summed E-state index contributed by atoms with van der Waals surface area (Å²) in [5.41, 5.74) is 0.0341. The number of amidine groups is 1. The second-order valence-electron chi connectivity index (χ2n) is 3.23. The maximum absolute atomic E-state index is 11.2. The number of hydrogen-bond acceptors (Lipinski definition) is 5. The van der Waals surface area contributed by atoms with Crippen molar-refractivity contribution in [2.24, 2.45) is 4.99 Å². The Morgan fingerprint density at radius 3 is 3.07 bits per heavy atom. The van der Waals surface area contributed by atoms with Gasteiger partial charge in [-0.15, -0.1) is 0 Å². The highest BCUT2D eigenvalue weighted by molar-refractivity contribution is 5.96. The average Bonchev–Trinajstić information content (AvgIpc) is 2.16. The molecule has 15 heavy (non-hydrogen) atoms. The molecule has 0 saturated heterocycles. The van der Waals surface area contributed by atoms with E-state index < -0.39 is 5.69 Å². The molecule has 74 valence electrons. The average molecular weight is 201 g/mol. The summed E-state index contributed by atoms with van der Waals surface area (Å²) in [6, 6.07) is 5.45. The Morgan fingerprint density at radius 2 is 2.20 bits per heavy atom. The van der Waals surface area contributed by atoms with Crippen LogP contribution in [0.3, 0.4) is 0 Å². The molecule has 6 nitrogen and oxygen atoms in total. The van der Waals surface area contributed by atoms with E-state index >= 15 is 0 Å².